The molecule has 0 fully saturated rings. The first-order valence-corrected chi connectivity index (χ1v) is 6.33. The smallest absolute Gasteiger partial charge is 0.272 e. The Morgan fingerprint density at radius 1 is 1.50 bits per heavy atom. The average molecular weight is 250 g/mol. The second-order valence-electron chi connectivity index (χ2n) is 4.27. The molecule has 0 saturated carbocycles. The summed E-state index contributed by atoms with van der Waals surface area (Å²) in [5.41, 5.74) is 7.02. The van der Waals surface area contributed by atoms with Crippen LogP contribution in [0, 0.1) is 0 Å². The molecule has 0 aliphatic rings. The lowest BCUT2D eigenvalue weighted by molar-refractivity contribution is 0.0767. The average Bonchev–Trinajstić information content (AvgIpc) is 2.38. The van der Waals surface area contributed by atoms with Crippen molar-refractivity contribution in [3.05, 3.63) is 24.0 Å². The molecule has 1 aromatic heterocycles. The number of carbonyl (C=O) groups excluding carboxylic acids is 1. The minimum absolute atomic E-state index is 0.0375. The van der Waals surface area contributed by atoms with Crippen molar-refractivity contribution >= 4 is 11.6 Å². The van der Waals surface area contributed by atoms with Gasteiger partial charge in [0.05, 0.1) is 0 Å². The van der Waals surface area contributed by atoms with Gasteiger partial charge >= 0.3 is 0 Å². The molecule has 100 valence electrons. The van der Waals surface area contributed by atoms with Gasteiger partial charge in [0.2, 0.25) is 0 Å². The highest BCUT2D eigenvalue weighted by Crippen LogP contribution is 2.10. The van der Waals surface area contributed by atoms with Crippen LogP contribution in [0.15, 0.2) is 18.3 Å². The highest BCUT2D eigenvalue weighted by atomic mass is 16.2. The summed E-state index contributed by atoms with van der Waals surface area (Å²) in [4.78, 5) is 18.0. The van der Waals surface area contributed by atoms with Crippen LogP contribution in [0.4, 0.5) is 5.69 Å². The van der Waals surface area contributed by atoms with Gasteiger partial charge < -0.3 is 16.0 Å². The molecule has 0 aliphatic carbocycles. The molecule has 0 bridgehead atoms. The number of nitrogens with two attached hydrogens (primary N) is 1. The lowest BCUT2D eigenvalue weighted by Crippen LogP contribution is -2.31. The summed E-state index contributed by atoms with van der Waals surface area (Å²) in [5.74, 6) is -0.0375. The Bertz CT molecular complexity index is 388. The minimum atomic E-state index is -0.0375. The molecule has 3 N–H and O–H groups in total. The number of rotatable bonds is 6. The zero-order chi connectivity index (χ0) is 13.5. The number of nitrogens with zero attached hydrogens (tertiary/aromatic N) is 2. The van der Waals surface area contributed by atoms with Crippen molar-refractivity contribution in [2.24, 2.45) is 5.73 Å². The van der Waals surface area contributed by atoms with E-state index in [1.807, 2.05) is 26.8 Å². The molecule has 1 rings (SSSR count). The van der Waals surface area contributed by atoms with E-state index < -0.39 is 0 Å². The van der Waals surface area contributed by atoms with Crippen molar-refractivity contribution in [3.8, 4) is 0 Å². The summed E-state index contributed by atoms with van der Waals surface area (Å²) in [6.07, 6.45) is 1.64. The molecule has 0 radical (unpaired) electrons. The maximum absolute atomic E-state index is 12.1. The largest absolute Gasteiger partial charge is 0.383 e. The molecule has 1 heterocycles. The van der Waals surface area contributed by atoms with E-state index >= 15 is 0 Å². The Morgan fingerprint density at radius 2 is 2.17 bits per heavy atom. The Balaban J connectivity index is 2.78. The number of pyridine rings is 1. The monoisotopic (exact) mass is 250 g/mol. The van der Waals surface area contributed by atoms with Gasteiger partial charge in [0.1, 0.15) is 5.69 Å². The fourth-order valence-electron chi connectivity index (χ4n) is 1.61. The number of aromatic nitrogens is 1. The third-order valence-corrected chi connectivity index (χ3v) is 2.66. The summed E-state index contributed by atoms with van der Waals surface area (Å²) in [6, 6.07) is 3.67. The number of hydrogen-bond donors (Lipinski definition) is 2. The Kier molecular flexibility index (Phi) is 5.58. The van der Waals surface area contributed by atoms with Crippen molar-refractivity contribution in [1.29, 1.82) is 0 Å². The van der Waals surface area contributed by atoms with Gasteiger partial charge in [-0.05, 0) is 32.9 Å². The predicted octanol–water partition coefficient (Wildman–Crippen LogP) is 1.32. The molecule has 1 amide bonds. The summed E-state index contributed by atoms with van der Waals surface area (Å²) < 4.78 is 0. The SMILES string of the molecule is CCN(CC)C(=O)c1cc(NCC(C)N)ccn1. The summed E-state index contributed by atoms with van der Waals surface area (Å²) in [5, 5.41) is 3.18. The highest BCUT2D eigenvalue weighted by Gasteiger charge is 2.13. The lowest BCUT2D eigenvalue weighted by atomic mass is 10.2. The van der Waals surface area contributed by atoms with E-state index in [1.165, 1.54) is 0 Å². The van der Waals surface area contributed by atoms with Gasteiger partial charge in [-0.15, -0.1) is 0 Å². The van der Waals surface area contributed by atoms with E-state index in [0.29, 0.717) is 25.3 Å². The molecular formula is C13H22N4O. The van der Waals surface area contributed by atoms with Crippen LogP contribution in [-0.4, -0.2) is 41.5 Å². The molecule has 0 spiro atoms. The van der Waals surface area contributed by atoms with Crippen LogP contribution in [0.3, 0.4) is 0 Å². The number of nitrogens with one attached hydrogen (secondary N) is 1. The standard InChI is InChI=1S/C13H22N4O/c1-4-17(5-2)13(18)12-8-11(6-7-15-12)16-9-10(3)14/h6-8,10H,4-5,9,14H2,1-3H3,(H,15,16). The molecular weight excluding hydrogens is 228 g/mol. The van der Waals surface area contributed by atoms with Crippen molar-refractivity contribution in [1.82, 2.24) is 9.88 Å². The van der Waals surface area contributed by atoms with E-state index in [2.05, 4.69) is 10.3 Å². The minimum Gasteiger partial charge on any atom is -0.383 e. The molecule has 5 nitrogen and oxygen atoms in total. The van der Waals surface area contributed by atoms with Crippen LogP contribution in [0.5, 0.6) is 0 Å². The Morgan fingerprint density at radius 3 is 2.72 bits per heavy atom. The van der Waals surface area contributed by atoms with Gasteiger partial charge in [0.15, 0.2) is 0 Å². The van der Waals surface area contributed by atoms with Crippen molar-refractivity contribution in [2.45, 2.75) is 26.8 Å². The zero-order valence-electron chi connectivity index (χ0n) is 11.3. The van der Waals surface area contributed by atoms with Crippen LogP contribution >= 0.6 is 0 Å². The molecule has 5 heteroatoms. The maximum atomic E-state index is 12.1. The van der Waals surface area contributed by atoms with Gasteiger partial charge in [-0.3, -0.25) is 9.78 Å². The molecule has 0 aromatic carbocycles. The fourth-order valence-corrected chi connectivity index (χ4v) is 1.61. The van der Waals surface area contributed by atoms with Crippen LogP contribution in [0.25, 0.3) is 0 Å². The first kappa shape index (κ1) is 14.4. The van der Waals surface area contributed by atoms with Crippen LogP contribution in [0.1, 0.15) is 31.3 Å². The molecule has 18 heavy (non-hydrogen) atoms. The lowest BCUT2D eigenvalue weighted by Gasteiger charge is -2.18. The van der Waals surface area contributed by atoms with Crippen molar-refractivity contribution in [2.75, 3.05) is 25.0 Å². The van der Waals surface area contributed by atoms with Gasteiger partial charge in [-0.1, -0.05) is 0 Å². The van der Waals surface area contributed by atoms with Crippen molar-refractivity contribution in [3.63, 3.8) is 0 Å². The van der Waals surface area contributed by atoms with Crippen LogP contribution < -0.4 is 11.1 Å². The summed E-state index contributed by atoms with van der Waals surface area (Å²) in [7, 11) is 0. The molecule has 0 saturated heterocycles. The third kappa shape index (κ3) is 4.00. The predicted molar refractivity (Wildman–Crippen MR) is 73.6 cm³/mol. The third-order valence-electron chi connectivity index (χ3n) is 2.66. The van der Waals surface area contributed by atoms with Crippen LogP contribution in [0.2, 0.25) is 0 Å². The Labute approximate surface area is 108 Å². The van der Waals surface area contributed by atoms with E-state index in [0.717, 1.165) is 5.69 Å². The van der Waals surface area contributed by atoms with E-state index in [4.69, 9.17) is 5.73 Å². The normalized spacial score (nSPS) is 12.0. The zero-order valence-corrected chi connectivity index (χ0v) is 11.3. The maximum Gasteiger partial charge on any atom is 0.272 e. The second-order valence-corrected chi connectivity index (χ2v) is 4.27. The number of hydrogen-bond acceptors (Lipinski definition) is 4. The molecule has 1 unspecified atom stereocenters. The topological polar surface area (TPSA) is 71.2 Å². The summed E-state index contributed by atoms with van der Waals surface area (Å²) >= 11 is 0. The second kappa shape index (κ2) is 6.96. The number of amides is 1. The highest BCUT2D eigenvalue weighted by molar-refractivity contribution is 5.93. The van der Waals surface area contributed by atoms with E-state index in [-0.39, 0.29) is 11.9 Å². The first-order valence-electron chi connectivity index (χ1n) is 6.33. The van der Waals surface area contributed by atoms with E-state index in [9.17, 15) is 4.79 Å². The quantitative estimate of drug-likeness (QED) is 0.799. The molecule has 1 aromatic rings. The van der Waals surface area contributed by atoms with Gasteiger partial charge in [0.25, 0.3) is 5.91 Å². The fraction of sp³-hybridized carbons (Fsp3) is 0.538. The Hall–Kier alpha value is -1.62. The van der Waals surface area contributed by atoms with Crippen molar-refractivity contribution < 1.29 is 4.79 Å². The summed E-state index contributed by atoms with van der Waals surface area (Å²) in [6.45, 7) is 7.89. The van der Waals surface area contributed by atoms with Gasteiger partial charge in [0, 0.05) is 37.6 Å². The van der Waals surface area contributed by atoms with Gasteiger partial charge in [-0.25, -0.2) is 0 Å². The number of anilines is 1. The van der Waals surface area contributed by atoms with Crippen LogP contribution in [-0.2, 0) is 0 Å². The first-order chi connectivity index (χ1) is 8.58. The number of carbonyl (C=O) groups is 1. The molecule has 1 atom stereocenters. The molecule has 0 aliphatic heterocycles. The van der Waals surface area contributed by atoms with Gasteiger partial charge in [-0.2, -0.15) is 0 Å². The van der Waals surface area contributed by atoms with E-state index in [1.54, 1.807) is 17.2 Å².